The largest absolute Gasteiger partial charge is 0.455 e. The Morgan fingerprint density at radius 1 is 0.881 bits per heavy atom. The zero-order valence-corrected chi connectivity index (χ0v) is 23.0. The molecule has 1 aliphatic rings. The predicted octanol–water partition coefficient (Wildman–Crippen LogP) is 6.48. The lowest BCUT2D eigenvalue weighted by Crippen LogP contribution is -2.46. The van der Waals surface area contributed by atoms with Gasteiger partial charge in [0.2, 0.25) is 0 Å². The average Bonchev–Trinajstić information content (AvgIpc) is 3.30. The maximum atomic E-state index is 14.0. The van der Waals surface area contributed by atoms with Crippen LogP contribution in [0.5, 0.6) is 0 Å². The summed E-state index contributed by atoms with van der Waals surface area (Å²) in [4.78, 5) is 39.7. The van der Waals surface area contributed by atoms with E-state index in [9.17, 15) is 31.9 Å². The maximum Gasteiger partial charge on any atom is 0.416 e. The number of alkyl halides is 3. The van der Waals surface area contributed by atoms with Gasteiger partial charge in [-0.25, -0.2) is 18.8 Å². The van der Waals surface area contributed by atoms with E-state index < -0.39 is 53.4 Å². The molecule has 2 N–H and O–H groups in total. The first-order valence-electron chi connectivity index (χ1n) is 13.0. The lowest BCUT2D eigenvalue weighted by atomic mass is 10.0. The van der Waals surface area contributed by atoms with Crippen LogP contribution in [0.15, 0.2) is 72.8 Å². The molecule has 0 saturated carbocycles. The van der Waals surface area contributed by atoms with Gasteiger partial charge in [0, 0.05) is 6.54 Å². The fourth-order valence-corrected chi connectivity index (χ4v) is 4.28. The standard InChI is InChI=1S/C30H29F4N3O5/c1-29(2,3)42-28(40)37-16-24(36-27(39)35-23-10-5-4-9-22(23)31)25(17-37)41-26(38)19-13-11-18(12-14-19)20-7-6-8-21(15-20)30(32,33)34/h4-15,24-25H,16-17H2,1-3H3,(H2,35,36,39)/t24?,25-/m0/s1. The Hall–Kier alpha value is -4.61. The summed E-state index contributed by atoms with van der Waals surface area (Å²) in [5, 5.41) is 5.01. The van der Waals surface area contributed by atoms with Crippen molar-refractivity contribution < 1.29 is 41.4 Å². The third-order valence-electron chi connectivity index (χ3n) is 6.26. The summed E-state index contributed by atoms with van der Waals surface area (Å²) in [5.41, 5.74) is -0.768. The Morgan fingerprint density at radius 2 is 1.57 bits per heavy atom. The van der Waals surface area contributed by atoms with Gasteiger partial charge in [-0.1, -0.05) is 36.4 Å². The Kier molecular flexibility index (Phi) is 8.74. The highest BCUT2D eigenvalue weighted by Crippen LogP contribution is 2.32. The van der Waals surface area contributed by atoms with E-state index in [2.05, 4.69) is 10.6 Å². The molecule has 4 rings (SSSR count). The van der Waals surface area contributed by atoms with Crippen molar-refractivity contribution in [2.45, 2.75) is 44.7 Å². The topological polar surface area (TPSA) is 97.0 Å². The second kappa shape index (κ2) is 12.1. The second-order valence-corrected chi connectivity index (χ2v) is 10.7. The van der Waals surface area contributed by atoms with Crippen molar-refractivity contribution in [3.63, 3.8) is 0 Å². The molecule has 222 valence electrons. The first kappa shape index (κ1) is 30.4. The molecule has 42 heavy (non-hydrogen) atoms. The monoisotopic (exact) mass is 587 g/mol. The number of ether oxygens (including phenoxy) is 2. The van der Waals surface area contributed by atoms with Crippen LogP contribution < -0.4 is 10.6 Å². The summed E-state index contributed by atoms with van der Waals surface area (Å²) in [5.74, 6) is -1.42. The zero-order valence-electron chi connectivity index (χ0n) is 23.0. The van der Waals surface area contributed by atoms with Gasteiger partial charge in [-0.3, -0.25) is 0 Å². The van der Waals surface area contributed by atoms with Gasteiger partial charge < -0.3 is 25.0 Å². The summed E-state index contributed by atoms with van der Waals surface area (Å²) in [7, 11) is 0. The minimum Gasteiger partial charge on any atom is -0.455 e. The average molecular weight is 588 g/mol. The van der Waals surface area contributed by atoms with E-state index in [1.165, 1.54) is 59.5 Å². The number of rotatable bonds is 5. The van der Waals surface area contributed by atoms with Crippen molar-refractivity contribution in [2.24, 2.45) is 0 Å². The number of nitrogens with one attached hydrogen (secondary N) is 2. The summed E-state index contributed by atoms with van der Waals surface area (Å²) in [6.07, 6.45) is -6.15. The van der Waals surface area contributed by atoms with Gasteiger partial charge in [-0.15, -0.1) is 0 Å². The Balaban J connectivity index is 1.48. The van der Waals surface area contributed by atoms with E-state index in [0.717, 1.165) is 12.1 Å². The molecule has 1 fully saturated rings. The maximum absolute atomic E-state index is 14.0. The number of halogens is 4. The predicted molar refractivity (Wildman–Crippen MR) is 146 cm³/mol. The number of hydrogen-bond acceptors (Lipinski definition) is 5. The van der Waals surface area contributed by atoms with Crippen molar-refractivity contribution in [1.29, 1.82) is 0 Å². The highest BCUT2D eigenvalue weighted by molar-refractivity contribution is 5.91. The van der Waals surface area contributed by atoms with Crippen molar-refractivity contribution in [2.75, 3.05) is 18.4 Å². The smallest absolute Gasteiger partial charge is 0.416 e. The van der Waals surface area contributed by atoms with E-state index in [-0.39, 0.29) is 24.3 Å². The minimum absolute atomic E-state index is 0.0496. The van der Waals surface area contributed by atoms with Gasteiger partial charge in [0.05, 0.1) is 29.4 Å². The van der Waals surface area contributed by atoms with Gasteiger partial charge in [0.25, 0.3) is 0 Å². The van der Waals surface area contributed by atoms with Gasteiger partial charge in [-0.2, -0.15) is 13.2 Å². The number of likely N-dealkylation sites (tertiary alicyclic amines) is 1. The minimum atomic E-state index is -4.50. The number of carbonyl (C=O) groups is 3. The third-order valence-corrected chi connectivity index (χ3v) is 6.26. The normalized spacial score (nSPS) is 17.0. The molecular formula is C30H29F4N3O5. The van der Waals surface area contributed by atoms with E-state index in [1.807, 2.05) is 0 Å². The van der Waals surface area contributed by atoms with Crippen LogP contribution in [0.1, 0.15) is 36.7 Å². The zero-order chi connectivity index (χ0) is 30.7. The number of urea groups is 1. The number of esters is 1. The Labute approximate surface area is 239 Å². The summed E-state index contributed by atoms with van der Waals surface area (Å²) in [6, 6.07) is 14.5. The molecule has 1 saturated heterocycles. The number of amides is 3. The number of nitrogens with zero attached hydrogens (tertiary/aromatic N) is 1. The van der Waals surface area contributed by atoms with Crippen LogP contribution in [0.4, 0.5) is 32.8 Å². The quantitative estimate of drug-likeness (QED) is 0.263. The van der Waals surface area contributed by atoms with E-state index in [0.29, 0.717) is 11.1 Å². The molecule has 1 aliphatic heterocycles. The van der Waals surface area contributed by atoms with Crippen LogP contribution in [0.3, 0.4) is 0 Å². The van der Waals surface area contributed by atoms with Crippen LogP contribution in [-0.2, 0) is 15.7 Å². The number of carbonyl (C=O) groups excluding carboxylic acids is 3. The molecule has 1 unspecified atom stereocenters. The molecule has 3 amide bonds. The van der Waals surface area contributed by atoms with E-state index >= 15 is 0 Å². The SMILES string of the molecule is CC(C)(C)OC(=O)N1CC(NC(=O)Nc2ccccc2F)[C@@H](OC(=O)c2ccc(-c3cccc(C(F)(F)F)c3)cc2)C1. The Morgan fingerprint density at radius 3 is 2.21 bits per heavy atom. The number of anilines is 1. The van der Waals surface area contributed by atoms with Crippen molar-refractivity contribution in [3.05, 3.63) is 89.7 Å². The molecule has 12 heteroatoms. The number of benzene rings is 3. The number of para-hydroxylation sites is 1. The fourth-order valence-electron chi connectivity index (χ4n) is 4.28. The molecular weight excluding hydrogens is 558 g/mol. The highest BCUT2D eigenvalue weighted by atomic mass is 19.4. The van der Waals surface area contributed by atoms with Crippen LogP contribution in [0, 0.1) is 5.82 Å². The lowest BCUT2D eigenvalue weighted by molar-refractivity contribution is -0.137. The molecule has 3 aromatic carbocycles. The summed E-state index contributed by atoms with van der Waals surface area (Å²) < 4.78 is 64.4. The molecule has 0 bridgehead atoms. The van der Waals surface area contributed by atoms with Gasteiger partial charge in [-0.05, 0) is 68.3 Å². The van der Waals surface area contributed by atoms with E-state index in [1.54, 1.807) is 26.8 Å². The lowest BCUT2D eigenvalue weighted by Gasteiger charge is -2.24. The molecule has 0 aromatic heterocycles. The van der Waals surface area contributed by atoms with Crippen LogP contribution in [0.25, 0.3) is 11.1 Å². The van der Waals surface area contributed by atoms with Gasteiger partial charge >= 0.3 is 24.3 Å². The third kappa shape index (κ3) is 7.77. The van der Waals surface area contributed by atoms with Gasteiger partial charge in [0.1, 0.15) is 17.5 Å². The molecule has 0 aliphatic carbocycles. The molecule has 1 heterocycles. The summed E-state index contributed by atoms with van der Waals surface area (Å²) >= 11 is 0. The fraction of sp³-hybridized carbons (Fsp3) is 0.300. The summed E-state index contributed by atoms with van der Waals surface area (Å²) in [6.45, 7) is 4.94. The molecule has 0 spiro atoms. The number of hydrogen-bond donors (Lipinski definition) is 2. The van der Waals surface area contributed by atoms with Crippen LogP contribution >= 0.6 is 0 Å². The Bertz CT molecular complexity index is 1450. The van der Waals surface area contributed by atoms with Gasteiger partial charge in [0.15, 0.2) is 0 Å². The van der Waals surface area contributed by atoms with Crippen molar-refractivity contribution >= 4 is 23.8 Å². The molecule has 8 nitrogen and oxygen atoms in total. The first-order valence-corrected chi connectivity index (χ1v) is 13.0. The molecule has 2 atom stereocenters. The van der Waals surface area contributed by atoms with Crippen molar-refractivity contribution in [3.8, 4) is 11.1 Å². The first-order chi connectivity index (χ1) is 19.7. The molecule has 3 aromatic rings. The van der Waals surface area contributed by atoms with Crippen LogP contribution in [0.2, 0.25) is 0 Å². The van der Waals surface area contributed by atoms with Crippen LogP contribution in [-0.4, -0.2) is 53.8 Å². The highest BCUT2D eigenvalue weighted by Gasteiger charge is 2.40. The van der Waals surface area contributed by atoms with Crippen molar-refractivity contribution in [1.82, 2.24) is 10.2 Å². The second-order valence-electron chi connectivity index (χ2n) is 10.7. The molecule has 0 radical (unpaired) electrons. The van der Waals surface area contributed by atoms with E-state index in [4.69, 9.17) is 9.47 Å².